The molecule has 19 heavy (non-hydrogen) atoms. The van der Waals surface area contributed by atoms with Gasteiger partial charge < -0.3 is 15.2 Å². The van der Waals surface area contributed by atoms with E-state index in [1.54, 1.807) is 25.2 Å². The Morgan fingerprint density at radius 2 is 2.00 bits per heavy atom. The highest BCUT2D eigenvalue weighted by atomic mass is 16.5. The van der Waals surface area contributed by atoms with E-state index in [2.05, 4.69) is 5.32 Å². The molecule has 0 aliphatic heterocycles. The van der Waals surface area contributed by atoms with Crippen molar-refractivity contribution in [3.8, 4) is 5.75 Å². The minimum atomic E-state index is -0.968. The van der Waals surface area contributed by atoms with E-state index in [-0.39, 0.29) is 19.0 Å². The van der Waals surface area contributed by atoms with E-state index < -0.39 is 5.97 Å². The largest absolute Gasteiger partial charge is 0.492 e. The van der Waals surface area contributed by atoms with Gasteiger partial charge in [-0.05, 0) is 26.1 Å². The van der Waals surface area contributed by atoms with Crippen LogP contribution in [0, 0.1) is 0 Å². The van der Waals surface area contributed by atoms with Crippen molar-refractivity contribution in [1.82, 2.24) is 4.90 Å². The van der Waals surface area contributed by atoms with Gasteiger partial charge >= 0.3 is 5.97 Å². The fourth-order valence-corrected chi connectivity index (χ4v) is 1.57. The minimum Gasteiger partial charge on any atom is -0.492 e. The highest BCUT2D eigenvalue weighted by molar-refractivity contribution is 5.93. The van der Waals surface area contributed by atoms with Crippen molar-refractivity contribution in [3.63, 3.8) is 0 Å². The molecule has 0 spiro atoms. The van der Waals surface area contributed by atoms with Gasteiger partial charge in [-0.2, -0.15) is 0 Å². The van der Waals surface area contributed by atoms with Crippen LogP contribution in [0.15, 0.2) is 24.3 Å². The Morgan fingerprint density at radius 3 is 2.63 bits per heavy atom. The van der Waals surface area contributed by atoms with E-state index in [0.29, 0.717) is 18.0 Å². The molecule has 6 nitrogen and oxygen atoms in total. The monoisotopic (exact) mass is 266 g/mol. The summed E-state index contributed by atoms with van der Waals surface area (Å²) in [6.07, 6.45) is 0. The van der Waals surface area contributed by atoms with Gasteiger partial charge in [0.2, 0.25) is 5.91 Å². The number of carboxylic acid groups (broad SMARTS) is 1. The number of rotatable bonds is 7. The fraction of sp³-hybridized carbons (Fsp3) is 0.385. The van der Waals surface area contributed by atoms with Crippen molar-refractivity contribution in [2.24, 2.45) is 0 Å². The Kier molecular flexibility index (Phi) is 5.81. The molecule has 1 aromatic rings. The molecule has 0 atom stereocenters. The number of nitrogens with zero attached hydrogens (tertiary/aromatic N) is 1. The molecule has 104 valence electrons. The summed E-state index contributed by atoms with van der Waals surface area (Å²) in [4.78, 5) is 23.7. The average molecular weight is 266 g/mol. The third-order valence-electron chi connectivity index (χ3n) is 2.28. The topological polar surface area (TPSA) is 78.9 Å². The predicted octanol–water partition coefficient (Wildman–Crippen LogP) is 1.04. The second kappa shape index (κ2) is 7.38. The number of ether oxygens (including phenoxy) is 1. The Bertz CT molecular complexity index is 448. The highest BCUT2D eigenvalue weighted by Crippen LogP contribution is 2.23. The van der Waals surface area contributed by atoms with Gasteiger partial charge in [0.05, 0.1) is 25.4 Å². The molecule has 2 N–H and O–H groups in total. The van der Waals surface area contributed by atoms with Gasteiger partial charge in [0.25, 0.3) is 0 Å². The molecule has 0 aromatic heterocycles. The number of likely N-dealkylation sites (N-methyl/N-ethyl adjacent to an activating group) is 1. The summed E-state index contributed by atoms with van der Waals surface area (Å²) in [6, 6.07) is 7.11. The fourth-order valence-electron chi connectivity index (χ4n) is 1.57. The molecule has 0 bridgehead atoms. The normalized spacial score (nSPS) is 10.3. The SMILES string of the molecule is CCOc1ccccc1NC(=O)CN(C)CC(=O)O. The highest BCUT2D eigenvalue weighted by Gasteiger charge is 2.11. The maximum Gasteiger partial charge on any atom is 0.317 e. The molecule has 0 saturated heterocycles. The Balaban J connectivity index is 2.59. The van der Waals surface area contributed by atoms with Crippen LogP contribution in [-0.4, -0.2) is 48.6 Å². The molecular weight excluding hydrogens is 248 g/mol. The van der Waals surface area contributed by atoms with Gasteiger partial charge in [0.15, 0.2) is 0 Å². The molecule has 0 aliphatic rings. The van der Waals surface area contributed by atoms with Gasteiger partial charge in [0.1, 0.15) is 5.75 Å². The zero-order valence-corrected chi connectivity index (χ0v) is 11.0. The van der Waals surface area contributed by atoms with Gasteiger partial charge in [-0.15, -0.1) is 0 Å². The van der Waals surface area contributed by atoms with E-state index in [4.69, 9.17) is 9.84 Å². The van der Waals surface area contributed by atoms with Gasteiger partial charge in [-0.1, -0.05) is 12.1 Å². The molecule has 0 unspecified atom stereocenters. The smallest absolute Gasteiger partial charge is 0.317 e. The lowest BCUT2D eigenvalue weighted by Gasteiger charge is -2.15. The Hall–Kier alpha value is -2.08. The van der Waals surface area contributed by atoms with Crippen molar-refractivity contribution >= 4 is 17.6 Å². The number of amides is 1. The second-order valence-electron chi connectivity index (χ2n) is 4.04. The number of carbonyl (C=O) groups is 2. The van der Waals surface area contributed by atoms with Gasteiger partial charge in [-0.25, -0.2) is 0 Å². The quantitative estimate of drug-likeness (QED) is 0.771. The van der Waals surface area contributed by atoms with E-state index >= 15 is 0 Å². The molecular formula is C13H18N2O4. The number of nitrogens with one attached hydrogen (secondary N) is 1. The second-order valence-corrected chi connectivity index (χ2v) is 4.04. The minimum absolute atomic E-state index is 0.00671. The van der Waals surface area contributed by atoms with Crippen LogP contribution in [0.5, 0.6) is 5.75 Å². The molecule has 0 saturated carbocycles. The summed E-state index contributed by atoms with van der Waals surface area (Å²) in [6.45, 7) is 2.19. The summed E-state index contributed by atoms with van der Waals surface area (Å²) >= 11 is 0. The molecule has 6 heteroatoms. The number of hydrogen-bond donors (Lipinski definition) is 2. The average Bonchev–Trinajstić information content (AvgIpc) is 2.30. The number of anilines is 1. The summed E-state index contributed by atoms with van der Waals surface area (Å²) < 4.78 is 5.38. The molecule has 0 fully saturated rings. The maximum absolute atomic E-state index is 11.8. The van der Waals surface area contributed by atoms with E-state index in [1.165, 1.54) is 4.90 Å². The van der Waals surface area contributed by atoms with E-state index in [1.807, 2.05) is 13.0 Å². The number of carboxylic acids is 1. The van der Waals surface area contributed by atoms with Crippen molar-refractivity contribution in [2.45, 2.75) is 6.92 Å². The number of para-hydroxylation sites is 2. The van der Waals surface area contributed by atoms with Crippen molar-refractivity contribution in [1.29, 1.82) is 0 Å². The first-order valence-electron chi connectivity index (χ1n) is 5.95. The number of benzene rings is 1. The van der Waals surface area contributed by atoms with Crippen LogP contribution in [0.25, 0.3) is 0 Å². The van der Waals surface area contributed by atoms with Crippen LogP contribution < -0.4 is 10.1 Å². The van der Waals surface area contributed by atoms with Crippen molar-refractivity contribution in [2.75, 3.05) is 32.1 Å². The standard InChI is InChI=1S/C13H18N2O4/c1-3-19-11-7-5-4-6-10(11)14-12(16)8-15(2)9-13(17)18/h4-7H,3,8-9H2,1-2H3,(H,14,16)(H,17,18). The molecule has 0 radical (unpaired) electrons. The van der Waals surface area contributed by atoms with Gasteiger partial charge in [-0.3, -0.25) is 14.5 Å². The Morgan fingerprint density at radius 1 is 1.32 bits per heavy atom. The lowest BCUT2D eigenvalue weighted by Crippen LogP contribution is -2.33. The summed E-state index contributed by atoms with van der Waals surface area (Å²) in [7, 11) is 1.57. The first-order chi connectivity index (χ1) is 9.02. The van der Waals surface area contributed by atoms with Crippen LogP contribution in [0.4, 0.5) is 5.69 Å². The first-order valence-corrected chi connectivity index (χ1v) is 5.95. The van der Waals surface area contributed by atoms with Crippen molar-refractivity contribution in [3.05, 3.63) is 24.3 Å². The number of aliphatic carboxylic acids is 1. The van der Waals surface area contributed by atoms with E-state index in [9.17, 15) is 9.59 Å². The number of carbonyl (C=O) groups excluding carboxylic acids is 1. The third-order valence-corrected chi connectivity index (χ3v) is 2.28. The lowest BCUT2D eigenvalue weighted by atomic mass is 10.3. The first kappa shape index (κ1) is 15.0. The van der Waals surface area contributed by atoms with Crippen LogP contribution in [-0.2, 0) is 9.59 Å². The molecule has 0 aliphatic carbocycles. The van der Waals surface area contributed by atoms with Crippen molar-refractivity contribution < 1.29 is 19.4 Å². The molecule has 1 aromatic carbocycles. The maximum atomic E-state index is 11.8. The Labute approximate surface area is 112 Å². The molecule has 1 amide bonds. The van der Waals surface area contributed by atoms with Crippen LogP contribution >= 0.6 is 0 Å². The van der Waals surface area contributed by atoms with E-state index in [0.717, 1.165) is 0 Å². The number of hydrogen-bond acceptors (Lipinski definition) is 4. The van der Waals surface area contributed by atoms with Gasteiger partial charge in [0, 0.05) is 0 Å². The van der Waals surface area contributed by atoms with Crippen LogP contribution in [0.3, 0.4) is 0 Å². The predicted molar refractivity (Wildman–Crippen MR) is 71.4 cm³/mol. The van der Waals surface area contributed by atoms with Crippen LogP contribution in [0.1, 0.15) is 6.92 Å². The zero-order chi connectivity index (χ0) is 14.3. The van der Waals surface area contributed by atoms with Crippen LogP contribution in [0.2, 0.25) is 0 Å². The third kappa shape index (κ3) is 5.39. The molecule has 0 heterocycles. The summed E-state index contributed by atoms with van der Waals surface area (Å²) in [5.41, 5.74) is 0.582. The zero-order valence-electron chi connectivity index (χ0n) is 11.0. The lowest BCUT2D eigenvalue weighted by molar-refractivity contribution is -0.138. The summed E-state index contributed by atoms with van der Waals surface area (Å²) in [5, 5.41) is 11.3. The molecule has 1 rings (SSSR count). The summed E-state index contributed by atoms with van der Waals surface area (Å²) in [5.74, 6) is -0.653.